The number of nitrogens with one attached hydrogen (secondary N) is 2. The van der Waals surface area contributed by atoms with Crippen LogP contribution in [0.3, 0.4) is 0 Å². The molecule has 0 fully saturated rings. The lowest BCUT2D eigenvalue weighted by Gasteiger charge is -2.16. The van der Waals surface area contributed by atoms with Gasteiger partial charge in [-0.15, -0.1) is 0 Å². The Bertz CT molecular complexity index is 987. The Morgan fingerprint density at radius 1 is 1.23 bits per heavy atom. The molecule has 0 saturated heterocycles. The number of fused-ring (bicyclic) bond motifs is 1. The first-order valence-corrected chi connectivity index (χ1v) is 9.65. The van der Waals surface area contributed by atoms with Crippen LogP contribution in [0, 0.1) is 19.8 Å². The number of hydrogen-bond acceptors (Lipinski definition) is 2. The number of anilines is 1. The number of amides is 1. The van der Waals surface area contributed by atoms with Gasteiger partial charge >= 0.3 is 0 Å². The summed E-state index contributed by atoms with van der Waals surface area (Å²) in [5, 5.41) is 8.72. The van der Waals surface area contributed by atoms with E-state index < -0.39 is 0 Å². The fourth-order valence-electron chi connectivity index (χ4n) is 2.93. The molecule has 4 nitrogen and oxygen atoms in total. The Balaban J connectivity index is 1.61. The molecule has 1 atom stereocenters. The highest BCUT2D eigenvalue weighted by Gasteiger charge is 2.19. The van der Waals surface area contributed by atoms with Crippen LogP contribution in [0.5, 0.6) is 0 Å². The number of aryl methyl sites for hydroxylation is 2. The first-order valence-electron chi connectivity index (χ1n) is 8.45. The van der Waals surface area contributed by atoms with Crippen molar-refractivity contribution in [2.45, 2.75) is 20.3 Å². The molecule has 2 aromatic carbocycles. The molecular formula is C20H20BrN3OS. The molecule has 26 heavy (non-hydrogen) atoms. The molecule has 0 spiro atoms. The highest BCUT2D eigenvalue weighted by atomic mass is 79.9. The van der Waals surface area contributed by atoms with Crippen molar-refractivity contribution in [1.82, 2.24) is 5.32 Å². The summed E-state index contributed by atoms with van der Waals surface area (Å²) in [4.78, 5) is 16.7. The van der Waals surface area contributed by atoms with Crippen molar-refractivity contribution in [3.8, 4) is 0 Å². The maximum absolute atomic E-state index is 12.3. The lowest BCUT2D eigenvalue weighted by atomic mass is 9.97. The van der Waals surface area contributed by atoms with E-state index in [-0.39, 0.29) is 11.8 Å². The van der Waals surface area contributed by atoms with Crippen LogP contribution in [0.4, 0.5) is 5.69 Å². The molecule has 1 heterocycles. The van der Waals surface area contributed by atoms with Crippen LogP contribution >= 0.6 is 28.1 Å². The third-order valence-corrected chi connectivity index (χ3v) is 5.11. The third kappa shape index (κ3) is 4.37. The van der Waals surface area contributed by atoms with E-state index in [0.717, 1.165) is 31.9 Å². The minimum atomic E-state index is -0.218. The summed E-state index contributed by atoms with van der Waals surface area (Å²) in [5.41, 5.74) is 3.09. The second-order valence-electron chi connectivity index (χ2n) is 6.36. The number of halogens is 1. The van der Waals surface area contributed by atoms with Crippen LogP contribution in [-0.2, 0) is 4.79 Å². The highest BCUT2D eigenvalue weighted by molar-refractivity contribution is 9.10. The third-order valence-electron chi connectivity index (χ3n) is 4.37. The monoisotopic (exact) mass is 429 g/mol. The number of carbonyl (C=O) groups excluding carboxylic acids is 1. The zero-order valence-corrected chi connectivity index (χ0v) is 17.1. The number of thiocarbonyl (C=S) groups is 1. The Kier molecular flexibility index (Phi) is 5.84. The molecule has 1 unspecified atom stereocenters. The maximum Gasteiger partial charge on any atom is 0.253 e. The Labute approximate surface area is 166 Å². The molecular weight excluding hydrogens is 410 g/mol. The lowest BCUT2D eigenvalue weighted by Crippen LogP contribution is -2.38. The number of rotatable bonds is 4. The first kappa shape index (κ1) is 18.7. The van der Waals surface area contributed by atoms with E-state index in [9.17, 15) is 4.79 Å². The largest absolute Gasteiger partial charge is 0.362 e. The van der Waals surface area contributed by atoms with E-state index in [0.29, 0.717) is 18.1 Å². The molecule has 0 radical (unpaired) electrons. The summed E-state index contributed by atoms with van der Waals surface area (Å²) < 4.78 is 0.985. The van der Waals surface area contributed by atoms with E-state index in [1.54, 1.807) is 0 Å². The average Bonchev–Trinajstić information content (AvgIpc) is 2.59. The van der Waals surface area contributed by atoms with Crippen LogP contribution in [0.2, 0.25) is 0 Å². The number of benzene rings is 2. The van der Waals surface area contributed by atoms with Crippen molar-refractivity contribution < 1.29 is 4.79 Å². The quantitative estimate of drug-likeness (QED) is 0.733. The molecule has 1 aliphatic rings. The van der Waals surface area contributed by atoms with Gasteiger partial charge in [-0.3, -0.25) is 4.79 Å². The maximum atomic E-state index is 12.3. The molecule has 1 aliphatic heterocycles. The highest BCUT2D eigenvalue weighted by Crippen LogP contribution is 2.15. The predicted molar refractivity (Wildman–Crippen MR) is 113 cm³/mol. The van der Waals surface area contributed by atoms with Gasteiger partial charge in [-0.25, -0.2) is 4.99 Å². The standard InChI is InChI=1S/C20H20BrN3OS/c1-12-6-7-13(2)18-17(12)10-14(19(25)24-18)8-9-22-20(26)23-16-5-3-4-15(21)11-16/h3-7,10-11,14H,8-9H2,1-2H3,(H2,22,23,26). The lowest BCUT2D eigenvalue weighted by molar-refractivity contribution is -0.120. The molecule has 134 valence electrons. The van der Waals surface area contributed by atoms with Crippen molar-refractivity contribution in [2.75, 3.05) is 11.9 Å². The van der Waals surface area contributed by atoms with E-state index in [1.807, 2.05) is 50.3 Å². The summed E-state index contributed by atoms with van der Waals surface area (Å²) in [6.45, 7) is 4.63. The van der Waals surface area contributed by atoms with E-state index in [4.69, 9.17) is 12.2 Å². The van der Waals surface area contributed by atoms with Crippen molar-refractivity contribution in [2.24, 2.45) is 10.9 Å². The molecule has 6 heteroatoms. The molecule has 3 rings (SSSR count). The minimum Gasteiger partial charge on any atom is -0.362 e. The summed E-state index contributed by atoms with van der Waals surface area (Å²) in [6, 6.07) is 11.9. The van der Waals surface area contributed by atoms with Crippen LogP contribution in [-0.4, -0.2) is 17.6 Å². The van der Waals surface area contributed by atoms with Gasteiger partial charge in [0.25, 0.3) is 5.91 Å². The molecule has 0 aliphatic carbocycles. The van der Waals surface area contributed by atoms with Crippen LogP contribution < -0.4 is 21.2 Å². The van der Waals surface area contributed by atoms with Crippen molar-refractivity contribution in [1.29, 1.82) is 0 Å². The zero-order valence-electron chi connectivity index (χ0n) is 14.7. The van der Waals surface area contributed by atoms with E-state index in [1.165, 1.54) is 0 Å². The number of nitrogens with zero attached hydrogens (tertiary/aromatic N) is 1. The molecule has 2 aromatic rings. The topological polar surface area (TPSA) is 53.5 Å². The summed E-state index contributed by atoms with van der Waals surface area (Å²) >= 11 is 8.75. The second kappa shape index (κ2) is 8.10. The normalized spacial score (nSPS) is 15.5. The van der Waals surface area contributed by atoms with Crippen LogP contribution in [0.25, 0.3) is 6.08 Å². The summed E-state index contributed by atoms with van der Waals surface area (Å²) in [5.74, 6) is -0.303. The van der Waals surface area contributed by atoms with Gasteiger partial charge in [-0.2, -0.15) is 0 Å². The molecule has 2 N–H and O–H groups in total. The first-order chi connectivity index (χ1) is 12.4. The molecule has 1 amide bonds. The van der Waals surface area contributed by atoms with Crippen LogP contribution in [0.15, 0.2) is 45.9 Å². The van der Waals surface area contributed by atoms with Gasteiger partial charge in [-0.1, -0.05) is 40.2 Å². The van der Waals surface area contributed by atoms with Gasteiger partial charge < -0.3 is 10.6 Å². The van der Waals surface area contributed by atoms with Crippen LogP contribution in [0.1, 0.15) is 17.5 Å². The SMILES string of the molecule is Cc1ccc(C)c2c1=CC(CCNC(=S)Nc1cccc(Br)c1)C(=O)N=2. The van der Waals surface area contributed by atoms with Crippen molar-refractivity contribution in [3.05, 3.63) is 62.6 Å². The molecule has 0 bridgehead atoms. The predicted octanol–water partition coefficient (Wildman–Crippen LogP) is 3.00. The summed E-state index contributed by atoms with van der Waals surface area (Å²) in [6.07, 6.45) is 2.69. The molecule has 0 aromatic heterocycles. The number of hydrogen-bond donors (Lipinski definition) is 2. The Hall–Kier alpha value is -2.05. The van der Waals surface area contributed by atoms with Crippen molar-refractivity contribution in [3.63, 3.8) is 0 Å². The Morgan fingerprint density at radius 3 is 2.77 bits per heavy atom. The van der Waals surface area contributed by atoms with Gasteiger partial charge in [0.15, 0.2) is 5.11 Å². The summed E-state index contributed by atoms with van der Waals surface area (Å²) in [7, 11) is 0. The van der Waals surface area contributed by atoms with Gasteiger partial charge in [0.05, 0.1) is 11.3 Å². The Morgan fingerprint density at radius 2 is 2.00 bits per heavy atom. The van der Waals surface area contributed by atoms with Gasteiger partial charge in [-0.05, 0) is 61.8 Å². The molecule has 0 saturated carbocycles. The van der Waals surface area contributed by atoms with Crippen molar-refractivity contribution >= 4 is 50.9 Å². The smallest absolute Gasteiger partial charge is 0.253 e. The van der Waals surface area contributed by atoms with Gasteiger partial charge in [0.2, 0.25) is 0 Å². The number of carbonyl (C=O) groups is 1. The average molecular weight is 430 g/mol. The fraction of sp³-hybridized carbons (Fsp3) is 0.250. The zero-order chi connectivity index (χ0) is 18.7. The fourth-order valence-corrected chi connectivity index (χ4v) is 3.55. The van der Waals surface area contributed by atoms with E-state index in [2.05, 4.69) is 37.6 Å². The second-order valence-corrected chi connectivity index (χ2v) is 7.69. The minimum absolute atomic E-state index is 0.0844. The van der Waals surface area contributed by atoms with Gasteiger partial charge in [0, 0.05) is 21.9 Å². The van der Waals surface area contributed by atoms with E-state index >= 15 is 0 Å². The van der Waals surface area contributed by atoms with Gasteiger partial charge in [0.1, 0.15) is 0 Å².